The van der Waals surface area contributed by atoms with E-state index in [0.717, 1.165) is 36.1 Å². The molecular formula is C16H15F2NO2S. The second kappa shape index (κ2) is 5.78. The van der Waals surface area contributed by atoms with Gasteiger partial charge in [-0.05, 0) is 48.6 Å². The molecule has 0 saturated heterocycles. The molecule has 116 valence electrons. The summed E-state index contributed by atoms with van der Waals surface area (Å²) < 4.78 is 53.6. The highest BCUT2D eigenvalue weighted by Crippen LogP contribution is 2.30. The maximum Gasteiger partial charge on any atom is 0.241 e. The first-order chi connectivity index (χ1) is 10.5. The molecule has 2 aromatic carbocycles. The molecule has 0 saturated carbocycles. The highest BCUT2D eigenvalue weighted by Gasteiger charge is 2.26. The minimum Gasteiger partial charge on any atom is -0.207 e. The molecule has 3 nitrogen and oxygen atoms in total. The summed E-state index contributed by atoms with van der Waals surface area (Å²) in [7, 11) is -3.90. The molecule has 1 N–H and O–H groups in total. The molecule has 22 heavy (non-hydrogen) atoms. The second-order valence-electron chi connectivity index (χ2n) is 5.34. The largest absolute Gasteiger partial charge is 0.241 e. The van der Waals surface area contributed by atoms with Gasteiger partial charge in [-0.1, -0.05) is 24.3 Å². The van der Waals surface area contributed by atoms with E-state index in [1.54, 1.807) is 0 Å². The van der Waals surface area contributed by atoms with Crippen LogP contribution in [0.25, 0.3) is 0 Å². The van der Waals surface area contributed by atoms with E-state index in [1.165, 1.54) is 0 Å². The number of hydrogen-bond acceptors (Lipinski definition) is 2. The van der Waals surface area contributed by atoms with Crippen LogP contribution < -0.4 is 4.72 Å². The van der Waals surface area contributed by atoms with Crippen LogP contribution in [0.15, 0.2) is 47.4 Å². The van der Waals surface area contributed by atoms with Crippen LogP contribution >= 0.6 is 0 Å². The van der Waals surface area contributed by atoms with Gasteiger partial charge in [-0.2, -0.15) is 0 Å². The second-order valence-corrected chi connectivity index (χ2v) is 7.05. The first-order valence-electron chi connectivity index (χ1n) is 7.02. The molecule has 0 amide bonds. The molecule has 6 heteroatoms. The molecule has 1 atom stereocenters. The van der Waals surface area contributed by atoms with Crippen molar-refractivity contribution < 1.29 is 17.2 Å². The molecular weight excluding hydrogens is 308 g/mol. The smallest absolute Gasteiger partial charge is 0.207 e. The van der Waals surface area contributed by atoms with Crippen molar-refractivity contribution in [2.45, 2.75) is 30.2 Å². The lowest BCUT2D eigenvalue weighted by molar-refractivity contribution is 0.497. The standard InChI is InChI=1S/C16H15F2NO2S/c17-14-9-8-12(10-15(14)18)22(20,21)19-16-7-3-5-11-4-1-2-6-13(11)16/h1-2,4,6,8-10,16,19H,3,5,7H2/t16-/m1/s1. The Labute approximate surface area is 128 Å². The topological polar surface area (TPSA) is 46.2 Å². The van der Waals surface area contributed by atoms with E-state index in [4.69, 9.17) is 0 Å². The van der Waals surface area contributed by atoms with Gasteiger partial charge in [-0.25, -0.2) is 21.9 Å². The Morgan fingerprint density at radius 3 is 2.59 bits per heavy atom. The van der Waals surface area contributed by atoms with Gasteiger partial charge in [0.1, 0.15) is 0 Å². The van der Waals surface area contributed by atoms with Gasteiger partial charge in [0.15, 0.2) is 11.6 Å². The Morgan fingerprint density at radius 1 is 1.05 bits per heavy atom. The average molecular weight is 323 g/mol. The maximum absolute atomic E-state index is 13.3. The summed E-state index contributed by atoms with van der Waals surface area (Å²) in [6.45, 7) is 0. The van der Waals surface area contributed by atoms with E-state index in [-0.39, 0.29) is 10.9 Å². The number of halogens is 2. The van der Waals surface area contributed by atoms with Crippen molar-refractivity contribution in [3.05, 3.63) is 65.2 Å². The van der Waals surface area contributed by atoms with Crippen LogP contribution in [-0.4, -0.2) is 8.42 Å². The van der Waals surface area contributed by atoms with Gasteiger partial charge in [0.2, 0.25) is 10.0 Å². The predicted molar refractivity (Wildman–Crippen MR) is 78.8 cm³/mol. The van der Waals surface area contributed by atoms with Crippen molar-refractivity contribution in [2.75, 3.05) is 0 Å². The van der Waals surface area contributed by atoms with Gasteiger partial charge in [-0.3, -0.25) is 0 Å². The molecule has 0 unspecified atom stereocenters. The lowest BCUT2D eigenvalue weighted by Crippen LogP contribution is -2.31. The fraction of sp³-hybridized carbons (Fsp3) is 0.250. The molecule has 0 aliphatic heterocycles. The summed E-state index contributed by atoms with van der Waals surface area (Å²) >= 11 is 0. The summed E-state index contributed by atoms with van der Waals surface area (Å²) in [5.41, 5.74) is 2.06. The highest BCUT2D eigenvalue weighted by atomic mass is 32.2. The minimum absolute atomic E-state index is 0.269. The summed E-state index contributed by atoms with van der Waals surface area (Å²) in [5.74, 6) is -2.24. The number of aryl methyl sites for hydroxylation is 1. The summed E-state index contributed by atoms with van der Waals surface area (Å²) in [6, 6.07) is 9.90. The van der Waals surface area contributed by atoms with Crippen LogP contribution in [0.5, 0.6) is 0 Å². The van der Waals surface area contributed by atoms with Gasteiger partial charge in [0.05, 0.1) is 4.90 Å². The van der Waals surface area contributed by atoms with Crippen molar-refractivity contribution in [1.82, 2.24) is 4.72 Å². The van der Waals surface area contributed by atoms with Crippen molar-refractivity contribution in [3.63, 3.8) is 0 Å². The highest BCUT2D eigenvalue weighted by molar-refractivity contribution is 7.89. The van der Waals surface area contributed by atoms with Crippen molar-refractivity contribution in [3.8, 4) is 0 Å². The lowest BCUT2D eigenvalue weighted by Gasteiger charge is -2.26. The minimum atomic E-state index is -3.90. The van der Waals surface area contributed by atoms with Gasteiger partial charge in [0.25, 0.3) is 0 Å². The van der Waals surface area contributed by atoms with Gasteiger partial charge in [0, 0.05) is 6.04 Å². The quantitative estimate of drug-likeness (QED) is 0.942. The molecule has 1 aliphatic rings. The molecule has 0 spiro atoms. The number of nitrogens with one attached hydrogen (secondary N) is 1. The first kappa shape index (κ1) is 15.1. The summed E-state index contributed by atoms with van der Waals surface area (Å²) in [5, 5.41) is 0. The zero-order valence-electron chi connectivity index (χ0n) is 11.7. The van der Waals surface area contributed by atoms with E-state index in [1.807, 2.05) is 24.3 Å². The van der Waals surface area contributed by atoms with Crippen molar-refractivity contribution in [2.24, 2.45) is 0 Å². The van der Waals surface area contributed by atoms with Crippen LogP contribution in [0.4, 0.5) is 8.78 Å². The molecule has 1 aliphatic carbocycles. The first-order valence-corrected chi connectivity index (χ1v) is 8.51. The van der Waals surface area contributed by atoms with E-state index >= 15 is 0 Å². The Kier molecular flexibility index (Phi) is 3.97. The third-order valence-corrected chi connectivity index (χ3v) is 5.34. The Bertz CT molecular complexity index is 806. The van der Waals surface area contributed by atoms with E-state index in [9.17, 15) is 17.2 Å². The van der Waals surface area contributed by atoms with E-state index < -0.39 is 21.7 Å². The third-order valence-electron chi connectivity index (χ3n) is 3.87. The van der Waals surface area contributed by atoms with E-state index in [0.29, 0.717) is 12.5 Å². The zero-order chi connectivity index (χ0) is 15.7. The number of sulfonamides is 1. The maximum atomic E-state index is 13.3. The number of benzene rings is 2. The fourth-order valence-electron chi connectivity index (χ4n) is 2.78. The number of fused-ring (bicyclic) bond motifs is 1. The van der Waals surface area contributed by atoms with Crippen LogP contribution in [-0.2, 0) is 16.4 Å². The van der Waals surface area contributed by atoms with Crippen molar-refractivity contribution in [1.29, 1.82) is 0 Å². The van der Waals surface area contributed by atoms with Gasteiger partial charge >= 0.3 is 0 Å². The Hall–Kier alpha value is -1.79. The molecule has 0 radical (unpaired) electrons. The van der Waals surface area contributed by atoms with Gasteiger partial charge in [-0.15, -0.1) is 0 Å². The molecule has 0 fully saturated rings. The zero-order valence-corrected chi connectivity index (χ0v) is 12.5. The average Bonchev–Trinajstić information content (AvgIpc) is 2.50. The van der Waals surface area contributed by atoms with Crippen LogP contribution in [0.2, 0.25) is 0 Å². The van der Waals surface area contributed by atoms with Gasteiger partial charge < -0.3 is 0 Å². The lowest BCUT2D eigenvalue weighted by atomic mass is 9.88. The number of hydrogen-bond donors (Lipinski definition) is 1. The molecule has 0 bridgehead atoms. The Morgan fingerprint density at radius 2 is 1.82 bits per heavy atom. The molecule has 0 heterocycles. The monoisotopic (exact) mass is 323 g/mol. The van der Waals surface area contributed by atoms with Crippen LogP contribution in [0, 0.1) is 11.6 Å². The predicted octanol–water partition coefficient (Wildman–Crippen LogP) is 3.32. The fourth-order valence-corrected chi connectivity index (χ4v) is 4.04. The number of rotatable bonds is 3. The third kappa shape index (κ3) is 2.89. The molecule has 3 rings (SSSR count). The Balaban J connectivity index is 1.91. The SMILES string of the molecule is O=S(=O)(N[C@@H]1CCCc2ccccc21)c1ccc(F)c(F)c1. The summed E-state index contributed by atoms with van der Waals surface area (Å²) in [6.07, 6.45) is 2.47. The van der Waals surface area contributed by atoms with Crippen LogP contribution in [0.1, 0.15) is 30.0 Å². The van der Waals surface area contributed by atoms with Crippen LogP contribution in [0.3, 0.4) is 0 Å². The van der Waals surface area contributed by atoms with Crippen molar-refractivity contribution >= 4 is 10.0 Å². The normalized spacial score (nSPS) is 18.0. The molecule has 0 aromatic heterocycles. The molecule has 2 aromatic rings. The summed E-state index contributed by atoms with van der Waals surface area (Å²) in [4.78, 5) is -0.269. The van der Waals surface area contributed by atoms with E-state index in [2.05, 4.69) is 4.72 Å².